The summed E-state index contributed by atoms with van der Waals surface area (Å²) in [6.45, 7) is 3.66. The van der Waals surface area contributed by atoms with Crippen molar-refractivity contribution in [3.05, 3.63) is 23.2 Å². The van der Waals surface area contributed by atoms with Gasteiger partial charge in [0.15, 0.2) is 0 Å². The molecule has 30 heavy (non-hydrogen) atoms. The lowest BCUT2D eigenvalue weighted by atomic mass is 9.95. The molecular formula is C23H32ClN3O3. The van der Waals surface area contributed by atoms with Gasteiger partial charge in [-0.3, -0.25) is 9.69 Å². The van der Waals surface area contributed by atoms with Crippen LogP contribution in [0.1, 0.15) is 58.3 Å². The Kier molecular flexibility index (Phi) is 6.71. The Morgan fingerprint density at radius 3 is 2.47 bits per heavy atom. The Bertz CT molecular complexity index is 771. The average molecular weight is 434 g/mol. The van der Waals surface area contributed by atoms with E-state index in [-0.39, 0.29) is 24.0 Å². The summed E-state index contributed by atoms with van der Waals surface area (Å²) < 4.78 is 5.86. The molecule has 1 aromatic rings. The molecule has 1 saturated carbocycles. The molecule has 1 N–H and O–H groups in total. The number of piperidine rings is 1. The van der Waals surface area contributed by atoms with Gasteiger partial charge in [0.05, 0.1) is 12.2 Å². The van der Waals surface area contributed by atoms with Crippen LogP contribution in [0, 0.1) is 5.92 Å². The maximum Gasteiger partial charge on any atom is 0.324 e. The highest BCUT2D eigenvalue weighted by molar-refractivity contribution is 6.31. The van der Waals surface area contributed by atoms with Crippen LogP contribution in [-0.2, 0) is 4.79 Å². The zero-order chi connectivity index (χ0) is 21.1. The summed E-state index contributed by atoms with van der Waals surface area (Å²) in [5.74, 6) is 0.859. The number of amides is 3. The van der Waals surface area contributed by atoms with Gasteiger partial charge >= 0.3 is 6.03 Å². The first-order valence-electron chi connectivity index (χ1n) is 11.3. The highest BCUT2D eigenvalue weighted by Gasteiger charge is 2.34. The summed E-state index contributed by atoms with van der Waals surface area (Å²) in [6, 6.07) is 5.68. The van der Waals surface area contributed by atoms with Crippen molar-refractivity contribution in [2.24, 2.45) is 5.92 Å². The van der Waals surface area contributed by atoms with Crippen LogP contribution in [0.3, 0.4) is 0 Å². The van der Waals surface area contributed by atoms with E-state index in [1.807, 2.05) is 17.9 Å². The molecule has 1 unspecified atom stereocenters. The quantitative estimate of drug-likeness (QED) is 0.693. The molecule has 0 aromatic heterocycles. The molecular weight excluding hydrogens is 402 g/mol. The number of anilines is 1. The standard InChI is InChI=1S/C23H32ClN3O3/c1-16-15-27(20-14-18(24)8-9-21(20)30-16)23(29)26-12-10-17(11-13-26)22(28)25-19-6-4-2-3-5-7-19/h8-9,14,16-17,19H,2-7,10-13,15H2,1H3,(H,25,28). The Balaban J connectivity index is 1.34. The number of fused-ring (bicyclic) bond motifs is 1. The lowest BCUT2D eigenvalue weighted by molar-refractivity contribution is -0.127. The average Bonchev–Trinajstić information content (AvgIpc) is 3.02. The molecule has 164 valence electrons. The Morgan fingerprint density at radius 2 is 1.77 bits per heavy atom. The second-order valence-electron chi connectivity index (χ2n) is 8.89. The number of likely N-dealkylation sites (tertiary alicyclic amines) is 1. The fourth-order valence-corrected chi connectivity index (χ4v) is 5.00. The van der Waals surface area contributed by atoms with Gasteiger partial charge in [-0.25, -0.2) is 4.79 Å². The van der Waals surface area contributed by atoms with Gasteiger partial charge in [-0.15, -0.1) is 0 Å². The van der Waals surface area contributed by atoms with E-state index in [4.69, 9.17) is 16.3 Å². The van der Waals surface area contributed by atoms with Crippen LogP contribution in [0.4, 0.5) is 10.5 Å². The van der Waals surface area contributed by atoms with Crippen molar-refractivity contribution in [3.8, 4) is 5.75 Å². The van der Waals surface area contributed by atoms with Crippen molar-refractivity contribution in [1.29, 1.82) is 0 Å². The largest absolute Gasteiger partial charge is 0.487 e. The van der Waals surface area contributed by atoms with Crippen molar-refractivity contribution in [3.63, 3.8) is 0 Å². The van der Waals surface area contributed by atoms with Gasteiger partial charge in [0.1, 0.15) is 11.9 Å². The molecule has 0 radical (unpaired) electrons. The van der Waals surface area contributed by atoms with Crippen molar-refractivity contribution in [2.75, 3.05) is 24.5 Å². The van der Waals surface area contributed by atoms with Crippen LogP contribution in [0.15, 0.2) is 18.2 Å². The highest BCUT2D eigenvalue weighted by atomic mass is 35.5. The predicted octanol–water partition coefficient (Wildman–Crippen LogP) is 4.60. The summed E-state index contributed by atoms with van der Waals surface area (Å²) in [7, 11) is 0. The lowest BCUT2D eigenvalue weighted by Crippen LogP contribution is -2.52. The summed E-state index contributed by atoms with van der Waals surface area (Å²) in [5.41, 5.74) is 0.721. The van der Waals surface area contributed by atoms with E-state index >= 15 is 0 Å². The van der Waals surface area contributed by atoms with Gasteiger partial charge in [-0.05, 0) is 50.8 Å². The van der Waals surface area contributed by atoms with Gasteiger partial charge in [-0.1, -0.05) is 37.3 Å². The van der Waals surface area contributed by atoms with E-state index in [0.717, 1.165) is 18.5 Å². The molecule has 2 heterocycles. The Hall–Kier alpha value is -1.95. The normalized spacial score (nSPS) is 23.3. The minimum Gasteiger partial charge on any atom is -0.487 e. The number of halogens is 1. The van der Waals surface area contributed by atoms with Crippen molar-refractivity contribution in [2.45, 2.75) is 70.4 Å². The number of hydrogen-bond donors (Lipinski definition) is 1. The van der Waals surface area contributed by atoms with Gasteiger partial charge < -0.3 is 15.0 Å². The first kappa shape index (κ1) is 21.3. The molecule has 3 aliphatic rings. The topological polar surface area (TPSA) is 61.9 Å². The summed E-state index contributed by atoms with van der Waals surface area (Å²) >= 11 is 6.16. The molecule has 3 amide bonds. The van der Waals surface area contributed by atoms with Crippen LogP contribution >= 0.6 is 11.6 Å². The fourth-order valence-electron chi connectivity index (χ4n) is 4.84. The van der Waals surface area contributed by atoms with E-state index in [0.29, 0.717) is 49.3 Å². The van der Waals surface area contributed by atoms with Gasteiger partial charge in [0.2, 0.25) is 5.91 Å². The second kappa shape index (κ2) is 9.46. The molecule has 0 spiro atoms. The molecule has 6 nitrogen and oxygen atoms in total. The van der Waals surface area contributed by atoms with Gasteiger partial charge in [0, 0.05) is 30.1 Å². The highest BCUT2D eigenvalue weighted by Crippen LogP contribution is 2.36. The molecule has 1 atom stereocenters. The van der Waals surface area contributed by atoms with E-state index in [9.17, 15) is 9.59 Å². The van der Waals surface area contributed by atoms with Crippen LogP contribution in [-0.4, -0.2) is 48.6 Å². The van der Waals surface area contributed by atoms with Crippen LogP contribution < -0.4 is 15.0 Å². The number of nitrogens with zero attached hydrogens (tertiary/aromatic N) is 2. The fraction of sp³-hybridized carbons (Fsp3) is 0.652. The van der Waals surface area contributed by atoms with E-state index in [1.54, 1.807) is 17.0 Å². The van der Waals surface area contributed by atoms with Crippen molar-refractivity contribution < 1.29 is 14.3 Å². The monoisotopic (exact) mass is 433 g/mol. The molecule has 1 saturated heterocycles. The summed E-state index contributed by atoms with van der Waals surface area (Å²) in [6.07, 6.45) is 8.52. The smallest absolute Gasteiger partial charge is 0.324 e. The zero-order valence-electron chi connectivity index (χ0n) is 17.7. The minimum absolute atomic E-state index is 0.00245. The van der Waals surface area contributed by atoms with Gasteiger partial charge in [0.25, 0.3) is 0 Å². The molecule has 2 aliphatic heterocycles. The molecule has 7 heteroatoms. The second-order valence-corrected chi connectivity index (χ2v) is 9.33. The predicted molar refractivity (Wildman–Crippen MR) is 118 cm³/mol. The first-order valence-corrected chi connectivity index (χ1v) is 11.7. The molecule has 1 aliphatic carbocycles. The van der Waals surface area contributed by atoms with E-state index in [1.165, 1.54) is 25.7 Å². The number of carbonyl (C=O) groups is 2. The van der Waals surface area contributed by atoms with Gasteiger partial charge in [-0.2, -0.15) is 0 Å². The summed E-state index contributed by atoms with van der Waals surface area (Å²) in [5, 5.41) is 3.86. The Morgan fingerprint density at radius 1 is 1.07 bits per heavy atom. The molecule has 2 fully saturated rings. The minimum atomic E-state index is -0.0782. The number of benzene rings is 1. The number of rotatable bonds is 2. The number of ether oxygens (including phenoxy) is 1. The van der Waals surface area contributed by atoms with Crippen LogP contribution in [0.2, 0.25) is 5.02 Å². The van der Waals surface area contributed by atoms with Crippen LogP contribution in [0.5, 0.6) is 5.75 Å². The lowest BCUT2D eigenvalue weighted by Gasteiger charge is -2.39. The molecule has 0 bridgehead atoms. The van der Waals surface area contributed by atoms with E-state index in [2.05, 4.69) is 5.32 Å². The third kappa shape index (κ3) is 4.85. The SMILES string of the molecule is CC1CN(C(=O)N2CCC(C(=O)NC3CCCCCC3)CC2)c2cc(Cl)ccc2O1. The third-order valence-corrected chi connectivity index (χ3v) is 6.78. The maximum atomic E-state index is 13.3. The number of hydrogen-bond acceptors (Lipinski definition) is 3. The Labute approximate surface area is 183 Å². The number of urea groups is 1. The van der Waals surface area contributed by atoms with Crippen LogP contribution in [0.25, 0.3) is 0 Å². The third-order valence-electron chi connectivity index (χ3n) is 6.55. The molecule has 4 rings (SSSR count). The van der Waals surface area contributed by atoms with E-state index < -0.39 is 0 Å². The maximum absolute atomic E-state index is 13.3. The molecule has 1 aromatic carbocycles. The van der Waals surface area contributed by atoms with Crippen molar-refractivity contribution >= 4 is 29.2 Å². The number of nitrogens with one attached hydrogen (secondary N) is 1. The first-order chi connectivity index (χ1) is 14.5. The summed E-state index contributed by atoms with van der Waals surface area (Å²) in [4.78, 5) is 29.6. The van der Waals surface area contributed by atoms with Crippen molar-refractivity contribution in [1.82, 2.24) is 10.2 Å². The number of carbonyl (C=O) groups excluding carboxylic acids is 2. The zero-order valence-corrected chi connectivity index (χ0v) is 18.5.